The molecular formula is C20H30O2. The Kier molecular flexibility index (Phi) is 7.06. The Morgan fingerprint density at radius 3 is 3.00 bits per heavy atom. The molecule has 1 fully saturated rings. The Hall–Kier alpha value is -1.20. The molecule has 0 unspecified atom stereocenters. The van der Waals surface area contributed by atoms with Crippen molar-refractivity contribution in [3.05, 3.63) is 24.2 Å². The lowest BCUT2D eigenvalue weighted by molar-refractivity contribution is 0.0560. The van der Waals surface area contributed by atoms with Crippen molar-refractivity contribution in [2.45, 2.75) is 83.2 Å². The van der Waals surface area contributed by atoms with Crippen LogP contribution in [0.2, 0.25) is 0 Å². The number of rotatable bonds is 8. The lowest BCUT2D eigenvalue weighted by atomic mass is 9.87. The van der Waals surface area contributed by atoms with Crippen molar-refractivity contribution in [1.29, 1.82) is 0 Å². The van der Waals surface area contributed by atoms with Gasteiger partial charge in [0.25, 0.3) is 0 Å². The number of unbranched alkanes of at least 4 members (excludes halogenated alkanes) is 4. The van der Waals surface area contributed by atoms with E-state index in [-0.39, 0.29) is 0 Å². The molecule has 1 saturated carbocycles. The number of hydrogen-bond acceptors (Lipinski definition) is 2. The first kappa shape index (κ1) is 17.2. The maximum Gasteiger partial charge on any atom is 0.128 e. The Bertz CT molecular complexity index is 466. The number of aliphatic hydroxyl groups is 1. The van der Waals surface area contributed by atoms with E-state index in [1.165, 1.54) is 25.7 Å². The van der Waals surface area contributed by atoms with Crippen LogP contribution >= 0.6 is 0 Å². The van der Waals surface area contributed by atoms with Gasteiger partial charge in [0.15, 0.2) is 0 Å². The molecule has 1 heterocycles. The second-order valence-electron chi connectivity index (χ2n) is 6.60. The van der Waals surface area contributed by atoms with Crippen LogP contribution in [0.3, 0.4) is 0 Å². The highest BCUT2D eigenvalue weighted by molar-refractivity contribution is 5.18. The van der Waals surface area contributed by atoms with E-state index in [4.69, 9.17) is 4.42 Å². The second-order valence-corrected chi connectivity index (χ2v) is 6.60. The van der Waals surface area contributed by atoms with Crippen LogP contribution in [0.25, 0.3) is 0 Å². The van der Waals surface area contributed by atoms with Gasteiger partial charge in [-0.05, 0) is 56.6 Å². The number of hydrogen-bond donors (Lipinski definition) is 1. The minimum Gasteiger partial charge on any atom is -0.469 e. The summed E-state index contributed by atoms with van der Waals surface area (Å²) in [7, 11) is 0. The molecule has 0 saturated heterocycles. The third-order valence-corrected chi connectivity index (χ3v) is 4.80. The van der Waals surface area contributed by atoms with Crippen LogP contribution in [0.5, 0.6) is 0 Å². The Balaban J connectivity index is 1.74. The quantitative estimate of drug-likeness (QED) is 0.535. The summed E-state index contributed by atoms with van der Waals surface area (Å²) in [5.41, 5.74) is -0.728. The van der Waals surface area contributed by atoms with Crippen LogP contribution in [0.1, 0.15) is 76.9 Å². The predicted octanol–water partition coefficient (Wildman–Crippen LogP) is 5.11. The van der Waals surface area contributed by atoms with E-state index >= 15 is 0 Å². The second kappa shape index (κ2) is 9.06. The normalized spacial score (nSPS) is 24.2. The summed E-state index contributed by atoms with van der Waals surface area (Å²) in [6.45, 7) is 2.22. The van der Waals surface area contributed by atoms with Gasteiger partial charge in [-0.3, -0.25) is 0 Å². The van der Waals surface area contributed by atoms with E-state index in [2.05, 4.69) is 18.8 Å². The smallest absolute Gasteiger partial charge is 0.128 e. The number of furan rings is 1. The largest absolute Gasteiger partial charge is 0.469 e. The van der Waals surface area contributed by atoms with Crippen LogP contribution in [-0.4, -0.2) is 10.7 Å². The highest BCUT2D eigenvalue weighted by atomic mass is 16.3. The van der Waals surface area contributed by atoms with Crippen molar-refractivity contribution in [3.63, 3.8) is 0 Å². The average Bonchev–Trinajstić information content (AvgIpc) is 3.14. The van der Waals surface area contributed by atoms with E-state index < -0.39 is 5.60 Å². The zero-order chi connectivity index (χ0) is 15.7. The maximum atomic E-state index is 10.8. The molecule has 2 nitrogen and oxygen atoms in total. The molecule has 22 heavy (non-hydrogen) atoms. The van der Waals surface area contributed by atoms with Gasteiger partial charge >= 0.3 is 0 Å². The molecule has 0 radical (unpaired) electrons. The van der Waals surface area contributed by atoms with Crippen LogP contribution in [0, 0.1) is 17.8 Å². The van der Waals surface area contributed by atoms with Gasteiger partial charge < -0.3 is 9.52 Å². The molecule has 0 aromatic carbocycles. The van der Waals surface area contributed by atoms with Gasteiger partial charge in [0, 0.05) is 12.8 Å². The van der Waals surface area contributed by atoms with E-state index in [1.807, 2.05) is 12.1 Å². The molecule has 0 spiro atoms. The lowest BCUT2D eigenvalue weighted by Gasteiger charge is -2.24. The van der Waals surface area contributed by atoms with Crippen LogP contribution in [0.4, 0.5) is 0 Å². The molecule has 1 N–H and O–H groups in total. The molecule has 2 heteroatoms. The predicted molar refractivity (Wildman–Crippen MR) is 90.5 cm³/mol. The fourth-order valence-corrected chi connectivity index (χ4v) is 3.44. The monoisotopic (exact) mass is 302 g/mol. The Morgan fingerprint density at radius 1 is 1.32 bits per heavy atom. The minimum atomic E-state index is -0.728. The minimum absolute atomic E-state index is 0.339. The van der Waals surface area contributed by atoms with E-state index in [0.717, 1.165) is 50.7 Å². The highest BCUT2D eigenvalue weighted by Crippen LogP contribution is 2.38. The van der Waals surface area contributed by atoms with Gasteiger partial charge in [-0.25, -0.2) is 0 Å². The molecule has 1 aliphatic carbocycles. The summed E-state index contributed by atoms with van der Waals surface area (Å²) in [5, 5.41) is 10.8. The summed E-state index contributed by atoms with van der Waals surface area (Å²) in [6.07, 6.45) is 13.8. The van der Waals surface area contributed by atoms with Crippen LogP contribution in [0.15, 0.2) is 22.8 Å². The Labute approximate surface area is 135 Å². The van der Waals surface area contributed by atoms with E-state index in [1.54, 1.807) is 6.26 Å². The van der Waals surface area contributed by atoms with Crippen molar-refractivity contribution in [1.82, 2.24) is 0 Å². The van der Waals surface area contributed by atoms with Crippen LogP contribution in [-0.2, 0) is 6.42 Å². The van der Waals surface area contributed by atoms with Gasteiger partial charge in [0.2, 0.25) is 0 Å². The fraction of sp³-hybridized carbons (Fsp3) is 0.700. The van der Waals surface area contributed by atoms with Gasteiger partial charge in [-0.2, -0.15) is 0 Å². The zero-order valence-electron chi connectivity index (χ0n) is 13.9. The first-order valence-corrected chi connectivity index (χ1v) is 8.99. The van der Waals surface area contributed by atoms with Crippen molar-refractivity contribution in [3.8, 4) is 11.8 Å². The van der Waals surface area contributed by atoms with E-state index in [9.17, 15) is 5.11 Å². The fourth-order valence-electron chi connectivity index (χ4n) is 3.44. The van der Waals surface area contributed by atoms with Crippen molar-refractivity contribution in [2.24, 2.45) is 5.92 Å². The summed E-state index contributed by atoms with van der Waals surface area (Å²) < 4.78 is 5.37. The third-order valence-electron chi connectivity index (χ3n) is 4.80. The molecule has 2 rings (SSSR count). The molecule has 0 amide bonds. The lowest BCUT2D eigenvalue weighted by Crippen LogP contribution is -2.31. The van der Waals surface area contributed by atoms with Crippen LogP contribution < -0.4 is 0 Å². The molecule has 2 atom stereocenters. The van der Waals surface area contributed by atoms with Crippen molar-refractivity contribution in [2.75, 3.05) is 0 Å². The molecule has 1 aromatic rings. The van der Waals surface area contributed by atoms with Gasteiger partial charge in [0.05, 0.1) is 6.26 Å². The summed E-state index contributed by atoms with van der Waals surface area (Å²) in [5.74, 6) is 7.84. The Morgan fingerprint density at radius 2 is 2.23 bits per heavy atom. The summed E-state index contributed by atoms with van der Waals surface area (Å²) in [6, 6.07) is 3.96. The maximum absolute atomic E-state index is 10.8. The van der Waals surface area contributed by atoms with Crippen molar-refractivity contribution >= 4 is 0 Å². The molecule has 0 aliphatic heterocycles. The molecule has 1 aliphatic rings. The standard InChI is InChI=1S/C20H30O2/c1-2-3-4-5-6-7-15-20(21)16-9-12-18(20)11-8-13-19-14-10-17-22-19/h10,14,17-18,21H,2-6,8-9,11-13,16H2,1H3/t18-,20+/m0/s1. The summed E-state index contributed by atoms with van der Waals surface area (Å²) in [4.78, 5) is 0. The average molecular weight is 302 g/mol. The third kappa shape index (κ3) is 5.21. The first-order chi connectivity index (χ1) is 10.7. The van der Waals surface area contributed by atoms with Gasteiger partial charge in [0.1, 0.15) is 11.4 Å². The first-order valence-electron chi connectivity index (χ1n) is 8.99. The van der Waals surface area contributed by atoms with Gasteiger partial charge in [-0.15, -0.1) is 5.92 Å². The molecule has 122 valence electrons. The topological polar surface area (TPSA) is 33.4 Å². The highest BCUT2D eigenvalue weighted by Gasteiger charge is 2.39. The van der Waals surface area contributed by atoms with Gasteiger partial charge in [-0.1, -0.05) is 32.1 Å². The molecular weight excluding hydrogens is 272 g/mol. The summed E-state index contributed by atoms with van der Waals surface area (Å²) >= 11 is 0. The van der Waals surface area contributed by atoms with E-state index in [0.29, 0.717) is 5.92 Å². The van der Waals surface area contributed by atoms with Crippen molar-refractivity contribution < 1.29 is 9.52 Å². The molecule has 1 aromatic heterocycles. The molecule has 0 bridgehead atoms. The SMILES string of the molecule is CCCCCCC#C[C@@]1(O)CCC[C@@H]1CCCc1ccco1. The zero-order valence-corrected chi connectivity index (χ0v) is 13.9. The number of aryl methyl sites for hydroxylation is 1.